The predicted molar refractivity (Wildman–Crippen MR) is 122 cm³/mol. The molecule has 0 spiro atoms. The zero-order valence-electron chi connectivity index (χ0n) is 17.6. The van der Waals surface area contributed by atoms with Crippen molar-refractivity contribution in [2.75, 3.05) is 7.11 Å². The molecule has 0 aliphatic carbocycles. The number of halogens is 4. The third kappa shape index (κ3) is 5.40. The summed E-state index contributed by atoms with van der Waals surface area (Å²) in [5.41, 5.74) is 2.42. The van der Waals surface area contributed by atoms with Crippen LogP contribution in [-0.4, -0.2) is 18.2 Å². The topological polar surface area (TPSA) is 46.5 Å². The molecule has 7 heteroatoms. The van der Waals surface area contributed by atoms with Crippen molar-refractivity contribution in [3.8, 4) is 5.75 Å². The van der Waals surface area contributed by atoms with Gasteiger partial charge in [-0.1, -0.05) is 48.3 Å². The van der Waals surface area contributed by atoms with Crippen LogP contribution >= 0.6 is 23.2 Å². The first-order chi connectivity index (χ1) is 15.2. The summed E-state index contributed by atoms with van der Waals surface area (Å²) in [4.78, 5) is 11.4. The van der Waals surface area contributed by atoms with Crippen LogP contribution in [0.4, 0.5) is 8.78 Å². The van der Waals surface area contributed by atoms with E-state index in [-0.39, 0.29) is 30.1 Å². The minimum Gasteiger partial charge on any atom is -0.508 e. The van der Waals surface area contributed by atoms with Gasteiger partial charge in [-0.3, -0.25) is 4.79 Å². The molecular weight excluding hydrogens is 457 g/mol. The first-order valence-corrected chi connectivity index (χ1v) is 10.8. The van der Waals surface area contributed by atoms with Gasteiger partial charge in [0.2, 0.25) is 0 Å². The highest BCUT2D eigenvalue weighted by atomic mass is 35.5. The van der Waals surface area contributed by atoms with E-state index in [2.05, 4.69) is 4.74 Å². The smallest absolute Gasteiger partial charge is 0.305 e. The van der Waals surface area contributed by atoms with Crippen molar-refractivity contribution in [2.45, 2.75) is 32.1 Å². The quantitative estimate of drug-likeness (QED) is 0.378. The first-order valence-electron chi connectivity index (χ1n) is 10.0. The fraction of sp³-hybridized carbons (Fsp3) is 0.240. The molecule has 1 N–H and O–H groups in total. The molecule has 0 amide bonds. The molecular formula is C25H22Cl2F2O3. The summed E-state index contributed by atoms with van der Waals surface area (Å²) >= 11 is 12.8. The molecule has 1 atom stereocenters. The number of phenols is 1. The third-order valence-corrected chi connectivity index (χ3v) is 6.13. The maximum atomic E-state index is 15.5. The van der Waals surface area contributed by atoms with Crippen molar-refractivity contribution in [2.24, 2.45) is 0 Å². The van der Waals surface area contributed by atoms with Gasteiger partial charge in [-0.2, -0.15) is 0 Å². The van der Waals surface area contributed by atoms with Crippen LogP contribution in [0.15, 0.2) is 48.5 Å². The Morgan fingerprint density at radius 3 is 2.28 bits per heavy atom. The Balaban J connectivity index is 1.90. The Bertz CT molecular complexity index is 1110. The normalized spacial score (nSPS) is 11.9. The van der Waals surface area contributed by atoms with Gasteiger partial charge in [0.1, 0.15) is 17.4 Å². The SMILES string of the molecule is COC(=O)CCc1cc(Cl)c(Cc2ccc(O)c(C(C)c3ccc(F)cc3)c2F)c(Cl)c1. The highest BCUT2D eigenvalue weighted by molar-refractivity contribution is 6.36. The van der Waals surface area contributed by atoms with Crippen LogP contribution in [0.1, 0.15) is 47.1 Å². The number of benzene rings is 3. The average molecular weight is 479 g/mol. The van der Waals surface area contributed by atoms with Crippen molar-refractivity contribution >= 4 is 29.2 Å². The number of aromatic hydroxyl groups is 1. The summed E-state index contributed by atoms with van der Waals surface area (Å²) in [6.07, 6.45) is 0.725. The molecule has 3 aromatic carbocycles. The molecule has 3 nitrogen and oxygen atoms in total. The molecule has 0 saturated heterocycles. The Kier molecular flexibility index (Phi) is 7.75. The van der Waals surface area contributed by atoms with E-state index in [1.807, 2.05) is 0 Å². The van der Waals surface area contributed by atoms with Gasteiger partial charge in [-0.25, -0.2) is 8.78 Å². The number of ether oxygens (including phenoxy) is 1. The molecule has 0 aliphatic heterocycles. The summed E-state index contributed by atoms with van der Waals surface area (Å²) in [7, 11) is 1.32. The lowest BCUT2D eigenvalue weighted by Gasteiger charge is -2.18. The fourth-order valence-corrected chi connectivity index (χ4v) is 4.27. The van der Waals surface area contributed by atoms with Gasteiger partial charge in [0.25, 0.3) is 0 Å². The van der Waals surface area contributed by atoms with Crippen LogP contribution in [-0.2, 0) is 22.4 Å². The van der Waals surface area contributed by atoms with E-state index in [0.29, 0.717) is 33.2 Å². The number of carbonyl (C=O) groups is 1. The number of phenolic OH excluding ortho intramolecular Hbond substituents is 1. The van der Waals surface area contributed by atoms with Gasteiger partial charge < -0.3 is 9.84 Å². The van der Waals surface area contributed by atoms with E-state index < -0.39 is 17.6 Å². The van der Waals surface area contributed by atoms with Gasteiger partial charge in [0.15, 0.2) is 0 Å². The van der Waals surface area contributed by atoms with Crippen LogP contribution in [0.25, 0.3) is 0 Å². The van der Waals surface area contributed by atoms with Crippen molar-refractivity contribution in [1.82, 2.24) is 0 Å². The Morgan fingerprint density at radius 1 is 1.06 bits per heavy atom. The lowest BCUT2D eigenvalue weighted by molar-refractivity contribution is -0.140. The number of esters is 1. The van der Waals surface area contributed by atoms with Gasteiger partial charge in [-0.15, -0.1) is 0 Å². The number of aryl methyl sites for hydroxylation is 1. The molecule has 168 valence electrons. The first kappa shape index (κ1) is 24.0. The maximum absolute atomic E-state index is 15.5. The molecule has 0 heterocycles. The van der Waals surface area contributed by atoms with Crippen LogP contribution in [0.2, 0.25) is 10.0 Å². The van der Waals surface area contributed by atoms with Crippen LogP contribution < -0.4 is 0 Å². The highest BCUT2D eigenvalue weighted by Gasteiger charge is 2.22. The molecule has 3 rings (SSSR count). The minimum absolute atomic E-state index is 0.115. The minimum atomic E-state index is -0.566. The number of methoxy groups -OCH3 is 1. The number of carbonyl (C=O) groups excluding carboxylic acids is 1. The molecule has 0 fully saturated rings. The van der Waals surface area contributed by atoms with Crippen molar-refractivity contribution in [3.63, 3.8) is 0 Å². The maximum Gasteiger partial charge on any atom is 0.305 e. The molecule has 3 aromatic rings. The summed E-state index contributed by atoms with van der Waals surface area (Å²) in [6.45, 7) is 1.74. The molecule has 32 heavy (non-hydrogen) atoms. The van der Waals surface area contributed by atoms with Crippen molar-refractivity contribution in [1.29, 1.82) is 0 Å². The van der Waals surface area contributed by atoms with E-state index in [1.54, 1.807) is 31.2 Å². The number of hydrogen-bond acceptors (Lipinski definition) is 3. The Morgan fingerprint density at radius 2 is 1.69 bits per heavy atom. The Hall–Kier alpha value is -2.63. The summed E-state index contributed by atoms with van der Waals surface area (Å²) in [5.74, 6) is -1.97. The Labute approximate surface area is 195 Å². The third-order valence-electron chi connectivity index (χ3n) is 5.45. The highest BCUT2D eigenvalue weighted by Crippen LogP contribution is 2.37. The van der Waals surface area contributed by atoms with E-state index in [4.69, 9.17) is 23.2 Å². The van der Waals surface area contributed by atoms with Crippen LogP contribution in [0.5, 0.6) is 5.75 Å². The predicted octanol–water partition coefficient (Wildman–Crippen LogP) is 6.83. The monoisotopic (exact) mass is 478 g/mol. The van der Waals surface area contributed by atoms with Crippen molar-refractivity contribution in [3.05, 3.63) is 98.0 Å². The molecule has 0 aromatic heterocycles. The second-order valence-electron chi connectivity index (χ2n) is 7.54. The van der Waals surface area contributed by atoms with E-state index in [9.17, 15) is 14.3 Å². The summed E-state index contributed by atoms with van der Waals surface area (Å²) in [6, 6.07) is 12.0. The molecule has 0 aliphatic rings. The van der Waals surface area contributed by atoms with Gasteiger partial charge >= 0.3 is 5.97 Å². The zero-order valence-corrected chi connectivity index (χ0v) is 19.1. The average Bonchev–Trinajstić information content (AvgIpc) is 2.76. The van der Waals surface area contributed by atoms with E-state index in [0.717, 1.165) is 5.56 Å². The van der Waals surface area contributed by atoms with E-state index >= 15 is 4.39 Å². The summed E-state index contributed by atoms with van der Waals surface area (Å²) < 4.78 is 33.4. The largest absolute Gasteiger partial charge is 0.508 e. The lowest BCUT2D eigenvalue weighted by atomic mass is 9.89. The van der Waals surface area contributed by atoms with E-state index in [1.165, 1.54) is 31.4 Å². The second kappa shape index (κ2) is 10.3. The van der Waals surface area contributed by atoms with Crippen molar-refractivity contribution < 1.29 is 23.4 Å². The number of rotatable bonds is 7. The fourth-order valence-electron chi connectivity index (χ4n) is 3.60. The van der Waals surface area contributed by atoms with Gasteiger partial charge in [0, 0.05) is 34.4 Å². The summed E-state index contributed by atoms with van der Waals surface area (Å²) in [5, 5.41) is 11.1. The molecule has 0 saturated carbocycles. The standard InChI is InChI=1S/C25H22Cl2F2O3/c1-14(16-4-7-18(28)8-5-16)24-22(30)9-6-17(25(24)29)13-19-20(26)11-15(12-21(19)27)3-10-23(31)32-2/h4-9,11-12,14,30H,3,10,13H2,1-2H3. The molecule has 0 radical (unpaired) electrons. The van der Waals surface area contributed by atoms with Crippen LogP contribution in [0.3, 0.4) is 0 Å². The molecule has 0 bridgehead atoms. The molecule has 1 unspecified atom stereocenters. The zero-order chi connectivity index (χ0) is 23.4. The van der Waals surface area contributed by atoms with Gasteiger partial charge in [-0.05, 0) is 59.0 Å². The second-order valence-corrected chi connectivity index (χ2v) is 8.35. The number of hydrogen-bond donors (Lipinski definition) is 1. The van der Waals surface area contributed by atoms with Gasteiger partial charge in [0.05, 0.1) is 7.11 Å². The lowest BCUT2D eigenvalue weighted by Crippen LogP contribution is -2.05. The van der Waals surface area contributed by atoms with Crippen LogP contribution in [0, 0.1) is 11.6 Å².